The summed E-state index contributed by atoms with van der Waals surface area (Å²) in [6.45, 7) is 8.91. The molecule has 0 saturated carbocycles. The second-order valence-corrected chi connectivity index (χ2v) is 9.88. The molecule has 0 fully saturated rings. The molecule has 0 atom stereocenters. The molecule has 0 aliphatic heterocycles. The van der Waals surface area contributed by atoms with Crippen molar-refractivity contribution in [3.8, 4) is 23.3 Å². The first-order valence-corrected chi connectivity index (χ1v) is 9.63. The Hall–Kier alpha value is -1.44. The third-order valence-corrected chi connectivity index (χ3v) is 2.95. The van der Waals surface area contributed by atoms with E-state index in [1.165, 1.54) is 0 Å². The van der Waals surface area contributed by atoms with Gasteiger partial charge in [0, 0.05) is 17.5 Å². The minimum absolute atomic E-state index is 0.969. The van der Waals surface area contributed by atoms with Gasteiger partial charge < -0.3 is 0 Å². The van der Waals surface area contributed by atoms with Gasteiger partial charge in [-0.2, -0.15) is 0 Å². The first-order chi connectivity index (χ1) is 8.01. The molecule has 0 saturated heterocycles. The van der Waals surface area contributed by atoms with Gasteiger partial charge in [-0.15, -0.1) is 5.54 Å². The summed E-state index contributed by atoms with van der Waals surface area (Å²) in [5, 5.41) is 0. The molecule has 0 nitrogen and oxygen atoms in total. The molecule has 1 rings (SSSR count). The summed E-state index contributed by atoms with van der Waals surface area (Å²) < 4.78 is 0. The normalized spacial score (nSPS) is 9.88. The van der Waals surface area contributed by atoms with Crippen molar-refractivity contribution in [2.45, 2.75) is 39.4 Å². The quantitative estimate of drug-likeness (QED) is 0.513. The summed E-state index contributed by atoms with van der Waals surface area (Å²) in [4.78, 5) is 0. The summed E-state index contributed by atoms with van der Waals surface area (Å²) in [7, 11) is -1.27. The van der Waals surface area contributed by atoms with Crippen molar-refractivity contribution in [3.05, 3.63) is 35.4 Å². The van der Waals surface area contributed by atoms with E-state index >= 15 is 0 Å². The molecule has 0 unspecified atom stereocenters. The van der Waals surface area contributed by atoms with Gasteiger partial charge in [-0.1, -0.05) is 44.3 Å². The zero-order valence-electron chi connectivity index (χ0n) is 11.2. The second-order valence-electron chi connectivity index (χ2n) is 5.13. The number of hydrogen-bond donors (Lipinski definition) is 0. The Morgan fingerprint density at radius 2 is 1.47 bits per heavy atom. The van der Waals surface area contributed by atoms with Crippen molar-refractivity contribution in [2.24, 2.45) is 0 Å². The third kappa shape index (κ3) is 6.00. The van der Waals surface area contributed by atoms with E-state index in [2.05, 4.69) is 74.1 Å². The Balaban J connectivity index is 2.75. The minimum atomic E-state index is -1.27. The van der Waals surface area contributed by atoms with Crippen LogP contribution in [-0.2, 0) is 0 Å². The highest BCUT2D eigenvalue weighted by atomic mass is 28.3. The fourth-order valence-corrected chi connectivity index (χ4v) is 1.71. The highest BCUT2D eigenvalue weighted by Crippen LogP contribution is 2.03. The molecule has 0 aliphatic carbocycles. The predicted octanol–water partition coefficient (Wildman–Crippen LogP) is 4.07. The van der Waals surface area contributed by atoms with Crippen LogP contribution in [0.1, 0.15) is 30.9 Å². The van der Waals surface area contributed by atoms with E-state index in [0.717, 1.165) is 24.0 Å². The van der Waals surface area contributed by atoms with Crippen LogP contribution in [0.2, 0.25) is 19.6 Å². The van der Waals surface area contributed by atoms with Crippen molar-refractivity contribution >= 4 is 8.07 Å². The lowest BCUT2D eigenvalue weighted by Crippen LogP contribution is -2.16. The van der Waals surface area contributed by atoms with Crippen LogP contribution < -0.4 is 0 Å². The Kier molecular flexibility index (Phi) is 5.07. The molecule has 0 bridgehead atoms. The van der Waals surface area contributed by atoms with Crippen molar-refractivity contribution in [1.29, 1.82) is 0 Å². The first kappa shape index (κ1) is 13.6. The molecule has 1 heteroatoms. The largest absolute Gasteiger partial charge is 0.129 e. The molecule has 88 valence electrons. The molecule has 0 amide bonds. The predicted molar refractivity (Wildman–Crippen MR) is 78.5 cm³/mol. The van der Waals surface area contributed by atoms with Gasteiger partial charge >= 0.3 is 0 Å². The van der Waals surface area contributed by atoms with E-state index in [1.807, 2.05) is 0 Å². The van der Waals surface area contributed by atoms with Gasteiger partial charge in [0.15, 0.2) is 0 Å². The molecular formula is C16H20Si. The fourth-order valence-electron chi connectivity index (χ4n) is 1.19. The van der Waals surface area contributed by atoms with Gasteiger partial charge in [0.2, 0.25) is 0 Å². The number of rotatable bonds is 1. The highest BCUT2D eigenvalue weighted by Gasteiger charge is 2.07. The van der Waals surface area contributed by atoms with Crippen molar-refractivity contribution in [2.75, 3.05) is 0 Å². The molecular weight excluding hydrogens is 220 g/mol. The van der Waals surface area contributed by atoms with Crippen LogP contribution >= 0.6 is 0 Å². The monoisotopic (exact) mass is 240 g/mol. The van der Waals surface area contributed by atoms with E-state index in [4.69, 9.17) is 0 Å². The lowest BCUT2D eigenvalue weighted by molar-refractivity contribution is 0.983. The fraction of sp³-hybridized carbons (Fsp3) is 0.375. The van der Waals surface area contributed by atoms with Crippen LogP contribution in [-0.4, -0.2) is 8.07 Å². The first-order valence-electron chi connectivity index (χ1n) is 6.13. The van der Waals surface area contributed by atoms with E-state index in [0.29, 0.717) is 0 Å². The molecule has 0 radical (unpaired) electrons. The summed E-state index contributed by atoms with van der Waals surface area (Å²) in [5.74, 6) is 9.55. The molecule has 0 spiro atoms. The van der Waals surface area contributed by atoms with Gasteiger partial charge in [-0.05, 0) is 30.7 Å². The topological polar surface area (TPSA) is 0 Å². The average Bonchev–Trinajstić information content (AvgIpc) is 2.27. The SMILES string of the molecule is CCCC#Cc1ccc(C#C[Si](C)(C)C)cc1. The van der Waals surface area contributed by atoms with E-state index in [-0.39, 0.29) is 0 Å². The van der Waals surface area contributed by atoms with Crippen LogP contribution in [0.3, 0.4) is 0 Å². The number of benzene rings is 1. The second kappa shape index (κ2) is 6.33. The number of hydrogen-bond acceptors (Lipinski definition) is 0. The number of unbranched alkanes of at least 4 members (excludes halogenated alkanes) is 1. The Bertz CT molecular complexity index is 467. The Morgan fingerprint density at radius 1 is 0.941 bits per heavy atom. The van der Waals surface area contributed by atoms with Gasteiger partial charge in [-0.25, -0.2) is 0 Å². The van der Waals surface area contributed by atoms with Gasteiger partial charge in [0.1, 0.15) is 8.07 Å². The molecule has 17 heavy (non-hydrogen) atoms. The van der Waals surface area contributed by atoms with Crippen molar-refractivity contribution in [3.63, 3.8) is 0 Å². The highest BCUT2D eigenvalue weighted by molar-refractivity contribution is 6.83. The lowest BCUT2D eigenvalue weighted by Gasteiger charge is -2.03. The summed E-state index contributed by atoms with van der Waals surface area (Å²) in [6, 6.07) is 8.22. The zero-order chi connectivity index (χ0) is 12.7. The van der Waals surface area contributed by atoms with Crippen LogP contribution in [0.4, 0.5) is 0 Å². The molecule has 0 N–H and O–H groups in total. The maximum atomic E-state index is 3.36. The molecule has 1 aromatic carbocycles. The lowest BCUT2D eigenvalue weighted by atomic mass is 10.1. The molecule has 0 heterocycles. The van der Waals surface area contributed by atoms with Crippen LogP contribution in [0, 0.1) is 23.3 Å². The van der Waals surface area contributed by atoms with Crippen molar-refractivity contribution in [1.82, 2.24) is 0 Å². The zero-order valence-corrected chi connectivity index (χ0v) is 12.2. The summed E-state index contributed by atoms with van der Waals surface area (Å²) in [6.07, 6.45) is 2.09. The molecule has 0 aliphatic rings. The van der Waals surface area contributed by atoms with Crippen LogP contribution in [0.15, 0.2) is 24.3 Å². The van der Waals surface area contributed by atoms with Crippen molar-refractivity contribution < 1.29 is 0 Å². The Morgan fingerprint density at radius 3 is 1.94 bits per heavy atom. The van der Waals surface area contributed by atoms with Crippen LogP contribution in [0.25, 0.3) is 0 Å². The van der Waals surface area contributed by atoms with E-state index < -0.39 is 8.07 Å². The van der Waals surface area contributed by atoms with E-state index in [1.54, 1.807) is 0 Å². The van der Waals surface area contributed by atoms with Gasteiger partial charge in [0.05, 0.1) is 0 Å². The average molecular weight is 240 g/mol. The summed E-state index contributed by atoms with van der Waals surface area (Å²) >= 11 is 0. The summed E-state index contributed by atoms with van der Waals surface area (Å²) in [5.41, 5.74) is 5.53. The van der Waals surface area contributed by atoms with Gasteiger partial charge in [0.25, 0.3) is 0 Å². The molecule has 0 aromatic heterocycles. The minimum Gasteiger partial charge on any atom is -0.127 e. The Labute approximate surface area is 106 Å². The van der Waals surface area contributed by atoms with E-state index in [9.17, 15) is 0 Å². The smallest absolute Gasteiger partial charge is 0.127 e. The maximum absolute atomic E-state index is 3.36. The van der Waals surface area contributed by atoms with Gasteiger partial charge in [-0.3, -0.25) is 0 Å². The standard InChI is InChI=1S/C16H20Si/c1-5-6-7-8-15-9-11-16(12-10-15)13-14-17(2,3)4/h9-12H,5-6H2,1-4H3. The van der Waals surface area contributed by atoms with Crippen LogP contribution in [0.5, 0.6) is 0 Å². The molecule has 1 aromatic rings. The maximum Gasteiger partial charge on any atom is 0.129 e. The third-order valence-electron chi connectivity index (χ3n) is 2.07.